The number of hydrogen-bond acceptors (Lipinski definition) is 6. The SMILES string of the molecule is COc1cc(CCNc2ncnc3c(F)ccc(F)c23)ccc1Oc1ccnc(C(F)(F)F)c1. The van der Waals surface area contributed by atoms with Crippen molar-refractivity contribution in [1.29, 1.82) is 0 Å². The topological polar surface area (TPSA) is 69.2 Å². The van der Waals surface area contributed by atoms with Crippen molar-refractivity contribution in [3.05, 3.63) is 77.9 Å². The number of rotatable bonds is 7. The van der Waals surface area contributed by atoms with Crippen molar-refractivity contribution in [3.8, 4) is 17.2 Å². The molecule has 2 heterocycles. The lowest BCUT2D eigenvalue weighted by Crippen LogP contribution is -2.08. The van der Waals surface area contributed by atoms with Crippen molar-refractivity contribution < 1.29 is 31.4 Å². The second-order valence-electron chi connectivity index (χ2n) is 7.11. The number of hydrogen-bond donors (Lipinski definition) is 1. The molecule has 0 amide bonds. The molecule has 2 aromatic heterocycles. The van der Waals surface area contributed by atoms with Crippen LogP contribution in [-0.2, 0) is 12.6 Å². The van der Waals surface area contributed by atoms with Gasteiger partial charge in [0.2, 0.25) is 0 Å². The number of nitrogens with one attached hydrogen (secondary N) is 1. The van der Waals surface area contributed by atoms with Crippen LogP contribution in [0.1, 0.15) is 11.3 Å². The number of pyridine rings is 1. The summed E-state index contributed by atoms with van der Waals surface area (Å²) >= 11 is 0. The minimum absolute atomic E-state index is 0.0417. The number of ether oxygens (including phenoxy) is 2. The minimum atomic E-state index is -4.59. The van der Waals surface area contributed by atoms with Crippen molar-refractivity contribution in [3.63, 3.8) is 0 Å². The Morgan fingerprint density at radius 1 is 0.912 bits per heavy atom. The number of fused-ring (bicyclic) bond motifs is 1. The largest absolute Gasteiger partial charge is 0.493 e. The molecule has 0 aliphatic carbocycles. The summed E-state index contributed by atoms with van der Waals surface area (Å²) in [6, 6.07) is 9.06. The molecule has 0 saturated heterocycles. The molecule has 0 bridgehead atoms. The Balaban J connectivity index is 1.47. The number of aromatic nitrogens is 3. The smallest absolute Gasteiger partial charge is 0.433 e. The highest BCUT2D eigenvalue weighted by atomic mass is 19.4. The van der Waals surface area contributed by atoms with Crippen molar-refractivity contribution in [2.75, 3.05) is 19.0 Å². The summed E-state index contributed by atoms with van der Waals surface area (Å²) in [4.78, 5) is 11.1. The number of nitrogens with zero attached hydrogens (tertiary/aromatic N) is 3. The number of methoxy groups -OCH3 is 1. The van der Waals surface area contributed by atoms with Gasteiger partial charge in [-0.25, -0.2) is 18.7 Å². The molecule has 0 aliphatic rings. The van der Waals surface area contributed by atoms with Gasteiger partial charge in [0, 0.05) is 18.8 Å². The highest BCUT2D eigenvalue weighted by Gasteiger charge is 2.32. The van der Waals surface area contributed by atoms with Crippen LogP contribution in [0.5, 0.6) is 17.2 Å². The predicted molar refractivity (Wildman–Crippen MR) is 114 cm³/mol. The number of anilines is 1. The molecule has 2 aromatic carbocycles. The van der Waals surface area contributed by atoms with Crippen molar-refractivity contribution in [2.45, 2.75) is 12.6 Å². The number of benzene rings is 2. The Kier molecular flexibility index (Phi) is 6.44. The molecule has 176 valence electrons. The van der Waals surface area contributed by atoms with Gasteiger partial charge in [0.25, 0.3) is 0 Å². The summed E-state index contributed by atoms with van der Waals surface area (Å²) in [5.74, 6) is -0.653. The number of halogens is 5. The van der Waals surface area contributed by atoms with Gasteiger partial charge in [-0.15, -0.1) is 0 Å². The highest BCUT2D eigenvalue weighted by Crippen LogP contribution is 2.35. The summed E-state index contributed by atoms with van der Waals surface area (Å²) in [5.41, 5.74) is -0.391. The Hall–Kier alpha value is -4.02. The highest BCUT2D eigenvalue weighted by molar-refractivity contribution is 5.89. The van der Waals surface area contributed by atoms with E-state index in [9.17, 15) is 22.0 Å². The van der Waals surface area contributed by atoms with Crippen LogP contribution in [0.4, 0.5) is 27.8 Å². The van der Waals surface area contributed by atoms with E-state index >= 15 is 0 Å². The molecule has 1 N–H and O–H groups in total. The average molecular weight is 476 g/mol. The summed E-state index contributed by atoms with van der Waals surface area (Å²) in [7, 11) is 1.41. The maximum absolute atomic E-state index is 14.2. The Morgan fingerprint density at radius 3 is 2.47 bits per heavy atom. The van der Waals surface area contributed by atoms with E-state index in [1.54, 1.807) is 18.2 Å². The molecule has 34 heavy (non-hydrogen) atoms. The van der Waals surface area contributed by atoms with E-state index in [0.29, 0.717) is 18.7 Å². The Morgan fingerprint density at radius 2 is 1.71 bits per heavy atom. The second kappa shape index (κ2) is 9.46. The maximum atomic E-state index is 14.2. The molecule has 4 rings (SSSR count). The first-order valence-electron chi connectivity index (χ1n) is 9.97. The van der Waals surface area contributed by atoms with E-state index in [2.05, 4.69) is 20.3 Å². The van der Waals surface area contributed by atoms with Gasteiger partial charge in [0.1, 0.15) is 40.7 Å². The normalized spacial score (nSPS) is 11.5. The first-order chi connectivity index (χ1) is 16.3. The quantitative estimate of drug-likeness (QED) is 0.341. The van der Waals surface area contributed by atoms with Crippen LogP contribution in [-0.4, -0.2) is 28.6 Å². The standard InChI is InChI=1S/C23H17F5N4O2/c1-33-18-10-13(2-5-17(18)34-14-7-9-29-19(11-14)23(26,27)28)6-8-30-22-20-15(24)3-4-16(25)21(20)31-12-32-22/h2-5,7,9-12H,6,8H2,1H3,(H,30,31,32). The zero-order valence-corrected chi connectivity index (χ0v) is 17.7. The van der Waals surface area contributed by atoms with Gasteiger partial charge < -0.3 is 14.8 Å². The fourth-order valence-electron chi connectivity index (χ4n) is 3.27. The lowest BCUT2D eigenvalue weighted by Gasteiger charge is -2.14. The van der Waals surface area contributed by atoms with Crippen LogP contribution in [0.25, 0.3) is 10.9 Å². The first-order valence-corrected chi connectivity index (χ1v) is 9.97. The minimum Gasteiger partial charge on any atom is -0.493 e. The fraction of sp³-hybridized carbons (Fsp3) is 0.174. The summed E-state index contributed by atoms with van der Waals surface area (Å²) < 4.78 is 77.6. The van der Waals surface area contributed by atoms with E-state index in [-0.39, 0.29) is 28.2 Å². The molecule has 0 aliphatic heterocycles. The van der Waals surface area contributed by atoms with Crippen molar-refractivity contribution in [2.24, 2.45) is 0 Å². The third-order valence-corrected chi connectivity index (χ3v) is 4.87. The summed E-state index contributed by atoms with van der Waals surface area (Å²) in [6.45, 7) is 0.324. The fourth-order valence-corrected chi connectivity index (χ4v) is 3.27. The lowest BCUT2D eigenvalue weighted by atomic mass is 10.1. The van der Waals surface area contributed by atoms with Crippen LogP contribution in [0.15, 0.2) is 55.0 Å². The molecule has 6 nitrogen and oxygen atoms in total. The molecule has 0 fully saturated rings. The molecule has 11 heteroatoms. The van der Waals surface area contributed by atoms with Gasteiger partial charge in [0.15, 0.2) is 11.5 Å². The van der Waals surface area contributed by atoms with Crippen molar-refractivity contribution in [1.82, 2.24) is 15.0 Å². The average Bonchev–Trinajstić information content (AvgIpc) is 2.82. The third kappa shape index (κ3) is 4.98. The monoisotopic (exact) mass is 476 g/mol. The predicted octanol–water partition coefficient (Wildman–Crippen LogP) is 5.78. The lowest BCUT2D eigenvalue weighted by molar-refractivity contribution is -0.141. The van der Waals surface area contributed by atoms with E-state index < -0.39 is 23.5 Å². The molecule has 0 radical (unpaired) electrons. The maximum Gasteiger partial charge on any atom is 0.433 e. The van der Waals surface area contributed by atoms with Crippen molar-refractivity contribution >= 4 is 16.7 Å². The molecular formula is C23H17F5N4O2. The molecule has 0 spiro atoms. The number of alkyl halides is 3. The van der Waals surface area contributed by atoms with Crippen LogP contribution in [0.3, 0.4) is 0 Å². The van der Waals surface area contributed by atoms with Gasteiger partial charge in [-0.3, -0.25) is 4.98 Å². The van der Waals surface area contributed by atoms with E-state index in [1.165, 1.54) is 13.2 Å². The van der Waals surface area contributed by atoms with Gasteiger partial charge in [0.05, 0.1) is 12.5 Å². The molecule has 4 aromatic rings. The molecule has 0 unspecified atom stereocenters. The first kappa shape index (κ1) is 23.1. The van der Waals surface area contributed by atoms with E-state index in [1.807, 2.05) is 0 Å². The van der Waals surface area contributed by atoms with Gasteiger partial charge in [-0.05, 0) is 42.3 Å². The second-order valence-corrected chi connectivity index (χ2v) is 7.11. The molecule has 0 atom stereocenters. The van der Waals surface area contributed by atoms with Crippen LogP contribution >= 0.6 is 0 Å². The third-order valence-electron chi connectivity index (χ3n) is 4.87. The van der Waals surface area contributed by atoms with Gasteiger partial charge in [-0.2, -0.15) is 13.2 Å². The zero-order valence-electron chi connectivity index (χ0n) is 17.7. The van der Waals surface area contributed by atoms with Crippen LogP contribution in [0.2, 0.25) is 0 Å². The zero-order chi connectivity index (χ0) is 24.3. The summed E-state index contributed by atoms with van der Waals surface area (Å²) in [5, 5.41) is 2.93. The Bertz CT molecular complexity index is 1330. The van der Waals surface area contributed by atoms with Crippen LogP contribution in [0, 0.1) is 11.6 Å². The molecule has 0 saturated carbocycles. The van der Waals surface area contributed by atoms with E-state index in [0.717, 1.165) is 36.3 Å². The van der Waals surface area contributed by atoms with E-state index in [4.69, 9.17) is 9.47 Å². The van der Waals surface area contributed by atoms with Gasteiger partial charge >= 0.3 is 6.18 Å². The molecular weight excluding hydrogens is 459 g/mol. The summed E-state index contributed by atoms with van der Waals surface area (Å²) in [6.07, 6.45) is -1.99. The Labute approximate surface area is 190 Å². The van der Waals surface area contributed by atoms with Gasteiger partial charge in [-0.1, -0.05) is 6.07 Å². The van der Waals surface area contributed by atoms with Crippen LogP contribution < -0.4 is 14.8 Å².